The van der Waals surface area contributed by atoms with Gasteiger partial charge in [-0.05, 0) is 110 Å². The molecule has 3 heterocycles. The molecule has 5 heteroatoms. The molecule has 0 bridgehead atoms. The minimum absolute atomic E-state index is 0.0987. The fraction of sp³-hybridized carbons (Fsp3) is 0.265. The normalized spacial score (nSPS) is 16.5. The minimum atomic E-state index is -0.0987. The summed E-state index contributed by atoms with van der Waals surface area (Å²) in [6.07, 6.45) is 8.84. The highest BCUT2D eigenvalue weighted by Crippen LogP contribution is 2.32. The van der Waals surface area contributed by atoms with Crippen LogP contribution < -0.4 is 4.90 Å². The van der Waals surface area contributed by atoms with E-state index in [-0.39, 0.29) is 5.91 Å². The number of furan rings is 1. The van der Waals surface area contributed by atoms with E-state index in [1.165, 1.54) is 29.5 Å². The summed E-state index contributed by atoms with van der Waals surface area (Å²) in [7, 11) is 0. The number of hydrogen-bond acceptors (Lipinski definition) is 3. The van der Waals surface area contributed by atoms with Gasteiger partial charge in [-0.3, -0.25) is 9.69 Å². The van der Waals surface area contributed by atoms with Gasteiger partial charge in [0.1, 0.15) is 5.76 Å². The van der Waals surface area contributed by atoms with Gasteiger partial charge in [-0.1, -0.05) is 60.2 Å². The molecule has 198 valence electrons. The van der Waals surface area contributed by atoms with Gasteiger partial charge >= 0.3 is 0 Å². The molecule has 0 spiro atoms. The number of nitrogens with zero attached hydrogens (tertiary/aromatic N) is 2. The van der Waals surface area contributed by atoms with E-state index in [9.17, 15) is 4.79 Å². The average molecular weight is 537 g/mol. The molecule has 0 radical (unpaired) electrons. The van der Waals surface area contributed by atoms with Crippen molar-refractivity contribution in [3.05, 3.63) is 118 Å². The van der Waals surface area contributed by atoms with E-state index in [2.05, 4.69) is 65.6 Å². The molecule has 0 saturated carbocycles. The smallest absolute Gasteiger partial charge is 0.293 e. The van der Waals surface area contributed by atoms with E-state index in [0.717, 1.165) is 43.7 Å². The molecule has 0 atom stereocenters. The lowest BCUT2D eigenvalue weighted by molar-refractivity contribution is 0.0959. The van der Waals surface area contributed by atoms with Crippen LogP contribution >= 0.6 is 11.6 Å². The van der Waals surface area contributed by atoms with Crippen molar-refractivity contribution in [2.75, 3.05) is 31.1 Å². The average Bonchev–Trinajstić information content (AvgIpc) is 3.48. The molecule has 0 aliphatic carbocycles. The lowest BCUT2D eigenvalue weighted by Gasteiger charge is -2.31. The summed E-state index contributed by atoms with van der Waals surface area (Å²) >= 11 is 6.01. The van der Waals surface area contributed by atoms with Gasteiger partial charge in [-0.25, -0.2) is 0 Å². The second kappa shape index (κ2) is 11.6. The van der Waals surface area contributed by atoms with Gasteiger partial charge in [-0.15, -0.1) is 0 Å². The number of likely N-dealkylation sites (tertiary alicyclic amines) is 1. The van der Waals surface area contributed by atoms with Crippen LogP contribution in [-0.4, -0.2) is 37.0 Å². The third-order valence-electron chi connectivity index (χ3n) is 7.95. The maximum Gasteiger partial charge on any atom is 0.293 e. The number of piperidine rings is 1. The Hall–Kier alpha value is -3.60. The van der Waals surface area contributed by atoms with Crippen LogP contribution in [0.2, 0.25) is 5.02 Å². The van der Waals surface area contributed by atoms with Crippen LogP contribution in [0.15, 0.2) is 95.4 Å². The Morgan fingerprint density at radius 1 is 0.923 bits per heavy atom. The first kappa shape index (κ1) is 25.7. The number of carbonyl (C=O) groups excluding carboxylic acids is 1. The summed E-state index contributed by atoms with van der Waals surface area (Å²) in [6.45, 7) is 3.93. The van der Waals surface area contributed by atoms with Crippen molar-refractivity contribution in [3.63, 3.8) is 0 Å². The van der Waals surface area contributed by atoms with Crippen LogP contribution in [0.3, 0.4) is 0 Å². The van der Waals surface area contributed by atoms with Crippen LogP contribution in [-0.2, 0) is 6.42 Å². The lowest BCUT2D eigenvalue weighted by Crippen LogP contribution is -2.35. The first-order valence-corrected chi connectivity index (χ1v) is 14.3. The quantitative estimate of drug-likeness (QED) is 0.250. The SMILES string of the molecule is O=C(c1ccc(-c2ccc(Cl)cc2)o1)N1CCCc2cc(/C=C/CN3CCC(c4ccccc4)CC3)ccc21. The summed E-state index contributed by atoms with van der Waals surface area (Å²) in [5.74, 6) is 1.60. The Labute approximate surface area is 235 Å². The molecule has 4 aromatic rings. The molecule has 1 saturated heterocycles. The minimum Gasteiger partial charge on any atom is -0.451 e. The van der Waals surface area contributed by atoms with Crippen molar-refractivity contribution < 1.29 is 9.21 Å². The zero-order valence-electron chi connectivity index (χ0n) is 22.1. The van der Waals surface area contributed by atoms with Crippen LogP contribution in [0.1, 0.15) is 52.4 Å². The molecular weight excluding hydrogens is 504 g/mol. The van der Waals surface area contributed by atoms with Crippen molar-refractivity contribution in [3.8, 4) is 11.3 Å². The zero-order chi connectivity index (χ0) is 26.6. The molecule has 2 aliphatic rings. The second-order valence-corrected chi connectivity index (χ2v) is 10.9. The highest BCUT2D eigenvalue weighted by molar-refractivity contribution is 6.30. The molecule has 6 rings (SSSR count). The molecular formula is C34H33ClN2O2. The maximum absolute atomic E-state index is 13.4. The van der Waals surface area contributed by atoms with Crippen molar-refractivity contribution in [1.29, 1.82) is 0 Å². The van der Waals surface area contributed by atoms with Gasteiger partial charge < -0.3 is 9.32 Å². The van der Waals surface area contributed by atoms with Crippen LogP contribution in [0.5, 0.6) is 0 Å². The van der Waals surface area contributed by atoms with Gasteiger partial charge in [-0.2, -0.15) is 0 Å². The van der Waals surface area contributed by atoms with E-state index < -0.39 is 0 Å². The Balaban J connectivity index is 1.08. The fourth-order valence-electron chi connectivity index (χ4n) is 5.80. The van der Waals surface area contributed by atoms with Crippen molar-refractivity contribution in [1.82, 2.24) is 4.90 Å². The highest BCUT2D eigenvalue weighted by Gasteiger charge is 2.26. The van der Waals surface area contributed by atoms with E-state index >= 15 is 0 Å². The van der Waals surface area contributed by atoms with Gasteiger partial charge in [0, 0.05) is 29.4 Å². The molecule has 4 nitrogen and oxygen atoms in total. The summed E-state index contributed by atoms with van der Waals surface area (Å²) < 4.78 is 5.96. The summed E-state index contributed by atoms with van der Waals surface area (Å²) in [4.78, 5) is 17.8. The highest BCUT2D eigenvalue weighted by atomic mass is 35.5. The van der Waals surface area contributed by atoms with Crippen molar-refractivity contribution in [2.24, 2.45) is 0 Å². The van der Waals surface area contributed by atoms with Crippen LogP contribution in [0.4, 0.5) is 5.69 Å². The number of fused-ring (bicyclic) bond motifs is 1. The predicted molar refractivity (Wildman–Crippen MR) is 159 cm³/mol. The Morgan fingerprint density at radius 3 is 2.51 bits per heavy atom. The van der Waals surface area contributed by atoms with Gasteiger partial charge in [0.05, 0.1) is 0 Å². The zero-order valence-corrected chi connectivity index (χ0v) is 22.8. The number of rotatable bonds is 6. The van der Waals surface area contributed by atoms with E-state index in [4.69, 9.17) is 16.0 Å². The summed E-state index contributed by atoms with van der Waals surface area (Å²) in [6, 6.07) is 28.4. The van der Waals surface area contributed by atoms with Crippen molar-refractivity contribution >= 4 is 29.3 Å². The summed E-state index contributed by atoms with van der Waals surface area (Å²) in [5, 5.41) is 0.671. The lowest BCUT2D eigenvalue weighted by atomic mass is 9.89. The number of hydrogen-bond donors (Lipinski definition) is 0. The molecule has 1 amide bonds. The topological polar surface area (TPSA) is 36.7 Å². The van der Waals surface area contributed by atoms with Gasteiger partial charge in [0.2, 0.25) is 0 Å². The molecule has 0 N–H and O–H groups in total. The number of halogens is 1. The molecule has 3 aromatic carbocycles. The molecule has 1 aromatic heterocycles. The van der Waals surface area contributed by atoms with E-state index in [0.29, 0.717) is 29.0 Å². The van der Waals surface area contributed by atoms with E-state index in [1.807, 2.05) is 35.2 Å². The molecule has 1 fully saturated rings. The number of carbonyl (C=O) groups is 1. The number of amides is 1. The first-order chi connectivity index (χ1) is 19.1. The maximum atomic E-state index is 13.4. The standard InChI is InChI=1S/C34H33ClN2O2/c35-30-13-11-28(12-14-30)32-16-17-33(39-32)34(38)37-21-5-9-29-24-25(10-15-31(29)37)6-4-20-36-22-18-27(19-23-36)26-7-2-1-3-8-26/h1-4,6-8,10-17,24,27H,5,9,18-23H2/b6-4+. The monoisotopic (exact) mass is 536 g/mol. The number of anilines is 1. The van der Waals surface area contributed by atoms with Crippen LogP contribution in [0, 0.1) is 0 Å². The third-order valence-corrected chi connectivity index (χ3v) is 8.20. The fourth-order valence-corrected chi connectivity index (χ4v) is 5.92. The molecule has 2 aliphatic heterocycles. The number of aryl methyl sites for hydroxylation is 1. The third kappa shape index (κ3) is 5.88. The number of benzene rings is 3. The van der Waals surface area contributed by atoms with Crippen molar-refractivity contribution in [2.45, 2.75) is 31.6 Å². The Kier molecular flexibility index (Phi) is 7.67. The second-order valence-electron chi connectivity index (χ2n) is 10.5. The Bertz CT molecular complexity index is 1450. The molecule has 39 heavy (non-hydrogen) atoms. The Morgan fingerprint density at radius 2 is 1.72 bits per heavy atom. The molecule has 0 unspecified atom stereocenters. The van der Waals surface area contributed by atoms with Gasteiger partial charge in [0.25, 0.3) is 5.91 Å². The predicted octanol–water partition coefficient (Wildman–Crippen LogP) is 8.09. The summed E-state index contributed by atoms with van der Waals surface area (Å²) in [5.41, 5.74) is 5.75. The van der Waals surface area contributed by atoms with Crippen LogP contribution in [0.25, 0.3) is 17.4 Å². The van der Waals surface area contributed by atoms with Gasteiger partial charge in [0.15, 0.2) is 5.76 Å². The van der Waals surface area contributed by atoms with E-state index in [1.54, 1.807) is 6.07 Å². The largest absolute Gasteiger partial charge is 0.451 e. The first-order valence-electron chi connectivity index (χ1n) is 13.9.